The lowest BCUT2D eigenvalue weighted by atomic mass is 10.2. The van der Waals surface area contributed by atoms with E-state index in [1.54, 1.807) is 12.1 Å². The highest BCUT2D eigenvalue weighted by Gasteiger charge is 2.22. The van der Waals surface area contributed by atoms with Gasteiger partial charge in [0.25, 0.3) is 0 Å². The summed E-state index contributed by atoms with van der Waals surface area (Å²) in [7, 11) is 0. The fourth-order valence-electron chi connectivity index (χ4n) is 2.32. The number of rotatable bonds is 3. The molecule has 132 valence electrons. The standard InChI is InChI=1S/C13H18FN5O.CH2O3/c1-9(20)16-11-6-7-19(8-11)12-4-2-10(3-5-12)17-13(15)18-14;2-1(3)4/h2-5,11H,6-8H2,1H3,(H,16,20)(H3,15,17,18);(H2,2,3,4)/t11-;/m1./s1. The third-order valence-corrected chi connectivity index (χ3v) is 3.19. The number of anilines is 2. The van der Waals surface area contributed by atoms with Gasteiger partial charge in [-0.25, -0.2) is 4.79 Å². The van der Waals surface area contributed by atoms with E-state index in [2.05, 4.69) is 20.7 Å². The third-order valence-electron chi connectivity index (χ3n) is 3.19. The Labute approximate surface area is 137 Å². The zero-order valence-electron chi connectivity index (χ0n) is 13.1. The average Bonchev–Trinajstić information content (AvgIpc) is 2.95. The van der Waals surface area contributed by atoms with Crippen LogP contribution >= 0.6 is 0 Å². The molecule has 0 aromatic heterocycles. The monoisotopic (exact) mass is 341 g/mol. The number of guanidine groups is 1. The molecule has 9 nitrogen and oxygen atoms in total. The van der Waals surface area contributed by atoms with Crippen LogP contribution in [0.3, 0.4) is 0 Å². The summed E-state index contributed by atoms with van der Waals surface area (Å²) in [6.07, 6.45) is -0.902. The summed E-state index contributed by atoms with van der Waals surface area (Å²) < 4.78 is 11.9. The Balaban J connectivity index is 0.000000648. The zero-order chi connectivity index (χ0) is 18.1. The van der Waals surface area contributed by atoms with Gasteiger partial charge < -0.3 is 31.5 Å². The highest BCUT2D eigenvalue weighted by molar-refractivity contribution is 5.91. The molecule has 0 spiro atoms. The fourth-order valence-corrected chi connectivity index (χ4v) is 2.32. The topological polar surface area (TPSA) is 140 Å². The number of carbonyl (C=O) groups is 2. The number of nitrogens with two attached hydrogens (primary N) is 1. The van der Waals surface area contributed by atoms with Gasteiger partial charge in [-0.15, -0.1) is 0 Å². The Morgan fingerprint density at radius 1 is 1.33 bits per heavy atom. The van der Waals surface area contributed by atoms with Crippen LogP contribution in [-0.2, 0) is 4.79 Å². The van der Waals surface area contributed by atoms with Gasteiger partial charge in [-0.05, 0) is 30.7 Å². The van der Waals surface area contributed by atoms with Gasteiger partial charge in [0.2, 0.25) is 11.9 Å². The third kappa shape index (κ3) is 6.81. The minimum absolute atomic E-state index is 0.00242. The summed E-state index contributed by atoms with van der Waals surface area (Å²) in [4.78, 5) is 21.8. The van der Waals surface area contributed by atoms with E-state index in [0.717, 1.165) is 25.2 Å². The minimum atomic E-state index is -1.83. The van der Waals surface area contributed by atoms with Crippen molar-refractivity contribution in [2.45, 2.75) is 19.4 Å². The molecule has 1 aromatic carbocycles. The summed E-state index contributed by atoms with van der Waals surface area (Å²) in [6, 6.07) is 7.64. The highest BCUT2D eigenvalue weighted by Crippen LogP contribution is 2.22. The highest BCUT2D eigenvalue weighted by atomic mass is 19.2. The number of halogens is 1. The summed E-state index contributed by atoms with van der Waals surface area (Å²) in [5.41, 5.74) is 6.97. The largest absolute Gasteiger partial charge is 0.503 e. The van der Waals surface area contributed by atoms with Gasteiger partial charge in [-0.2, -0.15) is 0 Å². The van der Waals surface area contributed by atoms with Crippen LogP contribution < -0.4 is 21.3 Å². The molecule has 10 heteroatoms. The van der Waals surface area contributed by atoms with Crippen LogP contribution in [0.1, 0.15) is 13.3 Å². The predicted octanol–water partition coefficient (Wildman–Crippen LogP) is 1.23. The number of carbonyl (C=O) groups excluding carboxylic acids is 1. The maximum absolute atomic E-state index is 11.9. The van der Waals surface area contributed by atoms with Crippen molar-refractivity contribution < 1.29 is 24.3 Å². The summed E-state index contributed by atoms with van der Waals surface area (Å²) >= 11 is 0. The van der Waals surface area contributed by atoms with Crippen molar-refractivity contribution in [3.05, 3.63) is 24.3 Å². The molecule has 1 heterocycles. The number of nitrogens with zero attached hydrogens (tertiary/aromatic N) is 2. The molecule has 0 radical (unpaired) electrons. The first-order valence-corrected chi connectivity index (χ1v) is 7.07. The van der Waals surface area contributed by atoms with Gasteiger partial charge in [-0.1, -0.05) is 9.70 Å². The van der Waals surface area contributed by atoms with Crippen molar-refractivity contribution in [1.29, 1.82) is 0 Å². The first-order valence-electron chi connectivity index (χ1n) is 7.07. The number of hydrogen-bond donors (Lipinski definition) is 5. The molecule has 1 aromatic rings. The van der Waals surface area contributed by atoms with Crippen molar-refractivity contribution in [3.63, 3.8) is 0 Å². The molecule has 1 atom stereocenters. The van der Waals surface area contributed by atoms with Crippen LogP contribution in [0.25, 0.3) is 0 Å². The predicted molar refractivity (Wildman–Crippen MR) is 87.9 cm³/mol. The van der Waals surface area contributed by atoms with E-state index in [1.165, 1.54) is 6.92 Å². The molecule has 1 aliphatic heterocycles. The molecule has 0 unspecified atom stereocenters. The second kappa shape index (κ2) is 9.18. The molecule has 0 saturated carbocycles. The van der Waals surface area contributed by atoms with E-state index < -0.39 is 6.16 Å². The Hall–Kier alpha value is -3.04. The van der Waals surface area contributed by atoms with Crippen LogP contribution in [0.2, 0.25) is 0 Å². The summed E-state index contributed by atoms with van der Waals surface area (Å²) in [6.45, 7) is 3.21. The second-order valence-corrected chi connectivity index (χ2v) is 5.06. The number of benzene rings is 1. The molecule has 1 saturated heterocycles. The first-order chi connectivity index (χ1) is 11.3. The van der Waals surface area contributed by atoms with E-state index >= 15 is 0 Å². The molecule has 0 bridgehead atoms. The van der Waals surface area contributed by atoms with E-state index in [0.29, 0.717) is 5.69 Å². The lowest BCUT2D eigenvalue weighted by Crippen LogP contribution is -2.35. The van der Waals surface area contributed by atoms with Crippen molar-refractivity contribution in [3.8, 4) is 0 Å². The van der Waals surface area contributed by atoms with Gasteiger partial charge in [0.15, 0.2) is 0 Å². The van der Waals surface area contributed by atoms with Crippen LogP contribution in [-0.4, -0.2) is 47.4 Å². The molecule has 6 N–H and O–H groups in total. The quantitative estimate of drug-likeness (QED) is 0.411. The number of carboxylic acid groups (broad SMARTS) is 2. The fraction of sp³-hybridized carbons (Fsp3) is 0.357. The molecular weight excluding hydrogens is 321 g/mol. The Morgan fingerprint density at radius 3 is 2.42 bits per heavy atom. The smallest absolute Gasteiger partial charge is 0.450 e. The van der Waals surface area contributed by atoms with E-state index in [1.807, 2.05) is 12.1 Å². The lowest BCUT2D eigenvalue weighted by molar-refractivity contribution is -0.119. The normalized spacial score (nSPS) is 16.8. The number of amides is 1. The number of nitrogens with one attached hydrogen (secondary N) is 2. The Kier molecular flexibility index (Phi) is 7.27. The average molecular weight is 341 g/mol. The molecule has 24 heavy (non-hydrogen) atoms. The van der Waals surface area contributed by atoms with Crippen molar-refractivity contribution in [2.75, 3.05) is 23.3 Å². The Morgan fingerprint density at radius 2 is 1.92 bits per heavy atom. The van der Waals surface area contributed by atoms with Crippen LogP contribution in [0.4, 0.5) is 20.7 Å². The molecular formula is C14H20FN5O4. The molecule has 1 fully saturated rings. The minimum Gasteiger partial charge on any atom is -0.450 e. The van der Waals surface area contributed by atoms with Crippen LogP contribution in [0.5, 0.6) is 0 Å². The SMILES string of the molecule is CC(=O)N[C@@H]1CCN(c2ccc(NC(N)=NF)cc2)C1.O=C(O)O. The van der Waals surface area contributed by atoms with E-state index in [-0.39, 0.29) is 17.9 Å². The van der Waals surface area contributed by atoms with Gasteiger partial charge in [0.1, 0.15) is 0 Å². The van der Waals surface area contributed by atoms with E-state index in [9.17, 15) is 9.28 Å². The first kappa shape index (κ1) is 19.0. The van der Waals surface area contributed by atoms with Gasteiger partial charge in [0.05, 0.1) is 0 Å². The summed E-state index contributed by atoms with van der Waals surface area (Å²) in [5.74, 6) is -0.276. The lowest BCUT2D eigenvalue weighted by Gasteiger charge is -2.19. The number of hydrogen-bond acceptors (Lipinski definition) is 4. The van der Waals surface area contributed by atoms with Crippen molar-refractivity contribution in [2.24, 2.45) is 10.9 Å². The van der Waals surface area contributed by atoms with Crippen molar-refractivity contribution in [1.82, 2.24) is 5.32 Å². The summed E-state index contributed by atoms with van der Waals surface area (Å²) in [5, 5.41) is 21.8. The zero-order valence-corrected chi connectivity index (χ0v) is 13.1. The molecule has 0 aliphatic carbocycles. The van der Waals surface area contributed by atoms with Gasteiger partial charge >= 0.3 is 6.16 Å². The molecule has 2 rings (SSSR count). The molecule has 1 amide bonds. The van der Waals surface area contributed by atoms with Crippen LogP contribution in [0.15, 0.2) is 29.5 Å². The van der Waals surface area contributed by atoms with Gasteiger partial charge in [-0.3, -0.25) is 4.79 Å². The maximum Gasteiger partial charge on any atom is 0.503 e. The maximum atomic E-state index is 11.9. The van der Waals surface area contributed by atoms with Crippen LogP contribution in [0, 0.1) is 0 Å². The second-order valence-electron chi connectivity index (χ2n) is 5.06. The molecule has 1 aliphatic rings. The Bertz CT molecular complexity index is 589. The van der Waals surface area contributed by atoms with Gasteiger partial charge in [0, 0.05) is 37.4 Å². The van der Waals surface area contributed by atoms with E-state index in [4.69, 9.17) is 20.7 Å². The van der Waals surface area contributed by atoms with Crippen molar-refractivity contribution >= 4 is 29.4 Å².